The number of carboxylic acid groups (broad SMARTS) is 1. The van der Waals surface area contributed by atoms with E-state index in [-0.39, 0.29) is 6.42 Å². The van der Waals surface area contributed by atoms with Crippen molar-refractivity contribution in [2.45, 2.75) is 17.4 Å². The number of hydrogen-bond acceptors (Lipinski definition) is 3. The van der Waals surface area contributed by atoms with Crippen molar-refractivity contribution in [3.05, 3.63) is 34.2 Å². The van der Waals surface area contributed by atoms with Crippen LogP contribution in [0.25, 0.3) is 5.57 Å². The minimum absolute atomic E-state index is 0.106. The van der Waals surface area contributed by atoms with Crippen LogP contribution in [0.4, 0.5) is 0 Å². The third kappa shape index (κ3) is 2.29. The molecule has 6 heteroatoms. The van der Waals surface area contributed by atoms with Crippen LogP contribution in [0.1, 0.15) is 12.0 Å². The van der Waals surface area contributed by atoms with Gasteiger partial charge in [0.2, 0.25) is 0 Å². The molecule has 0 radical (unpaired) electrons. The van der Waals surface area contributed by atoms with Crippen molar-refractivity contribution in [2.24, 2.45) is 5.73 Å². The Labute approximate surface area is 110 Å². The molecule has 0 saturated heterocycles. The molecule has 2 rings (SSSR count). The SMILES string of the molecule is C=S1(=O)C=C(CC(N)C(=O)O)c2cc(Cl)ccc21. The first kappa shape index (κ1) is 13.1. The van der Waals surface area contributed by atoms with Crippen molar-refractivity contribution in [1.29, 1.82) is 0 Å². The minimum Gasteiger partial charge on any atom is -0.480 e. The molecule has 0 fully saturated rings. The molecule has 4 nitrogen and oxygen atoms in total. The molecule has 2 unspecified atom stereocenters. The zero-order valence-electron chi connectivity index (χ0n) is 9.43. The summed E-state index contributed by atoms with van der Waals surface area (Å²) in [5, 5.41) is 10.8. The fraction of sp³-hybridized carbons (Fsp3) is 0.167. The molecular formula is C12H12ClNO3S. The Morgan fingerprint density at radius 3 is 2.83 bits per heavy atom. The van der Waals surface area contributed by atoms with Crippen LogP contribution in [0.2, 0.25) is 5.02 Å². The summed E-state index contributed by atoms with van der Waals surface area (Å²) in [6.07, 6.45) is 0.106. The average Bonchev–Trinajstić information content (AvgIpc) is 2.50. The zero-order valence-corrected chi connectivity index (χ0v) is 11.0. The number of nitrogens with two attached hydrogens (primary N) is 1. The molecule has 96 valence electrons. The zero-order chi connectivity index (χ0) is 13.5. The van der Waals surface area contributed by atoms with E-state index < -0.39 is 21.5 Å². The lowest BCUT2D eigenvalue weighted by Gasteiger charge is -2.08. The van der Waals surface area contributed by atoms with Gasteiger partial charge >= 0.3 is 5.97 Å². The summed E-state index contributed by atoms with van der Waals surface area (Å²) in [6, 6.07) is 3.92. The molecule has 1 aliphatic heterocycles. The van der Waals surface area contributed by atoms with E-state index >= 15 is 0 Å². The molecule has 1 heterocycles. The van der Waals surface area contributed by atoms with Crippen molar-refractivity contribution >= 4 is 38.5 Å². The van der Waals surface area contributed by atoms with Crippen molar-refractivity contribution < 1.29 is 14.1 Å². The number of aliphatic carboxylic acids is 1. The van der Waals surface area contributed by atoms with E-state index in [2.05, 4.69) is 5.87 Å². The number of rotatable bonds is 3. The summed E-state index contributed by atoms with van der Waals surface area (Å²) in [5.74, 6) is 2.57. The lowest BCUT2D eigenvalue weighted by atomic mass is 10.0. The lowest BCUT2D eigenvalue weighted by molar-refractivity contribution is -0.138. The van der Waals surface area contributed by atoms with E-state index in [0.29, 0.717) is 21.1 Å². The highest BCUT2D eigenvalue weighted by atomic mass is 35.5. The molecule has 2 atom stereocenters. The van der Waals surface area contributed by atoms with Crippen LogP contribution in [0.5, 0.6) is 0 Å². The summed E-state index contributed by atoms with van der Waals surface area (Å²) in [6.45, 7) is 0. The van der Waals surface area contributed by atoms with Gasteiger partial charge in [-0.3, -0.25) is 9.00 Å². The second-order valence-corrected chi connectivity index (χ2v) is 6.72. The smallest absolute Gasteiger partial charge is 0.320 e. The van der Waals surface area contributed by atoms with E-state index in [1.807, 2.05) is 0 Å². The summed E-state index contributed by atoms with van der Waals surface area (Å²) in [4.78, 5) is 11.3. The van der Waals surface area contributed by atoms with Gasteiger partial charge in [-0.25, -0.2) is 0 Å². The van der Waals surface area contributed by atoms with Crippen molar-refractivity contribution in [3.8, 4) is 0 Å². The van der Waals surface area contributed by atoms with Crippen LogP contribution in [-0.2, 0) is 14.3 Å². The number of fused-ring (bicyclic) bond motifs is 1. The van der Waals surface area contributed by atoms with Crippen LogP contribution in [0.3, 0.4) is 0 Å². The van der Waals surface area contributed by atoms with Gasteiger partial charge in [0, 0.05) is 24.8 Å². The summed E-state index contributed by atoms with van der Waals surface area (Å²) in [5.41, 5.74) is 6.80. The minimum atomic E-state index is -2.51. The summed E-state index contributed by atoms with van der Waals surface area (Å²) in [7, 11) is -2.51. The predicted molar refractivity (Wildman–Crippen MR) is 73.2 cm³/mol. The topological polar surface area (TPSA) is 80.4 Å². The standard InChI is InChI=1S/C12H12ClNO3S/c1-18(17)6-7(4-10(14)12(15)16)9-5-8(13)2-3-11(9)18/h2-3,5-6,10H,1,4,14H2,(H,15,16). The van der Waals surface area contributed by atoms with Crippen LogP contribution >= 0.6 is 11.6 Å². The van der Waals surface area contributed by atoms with Crippen LogP contribution in [0.15, 0.2) is 28.5 Å². The molecule has 0 bridgehead atoms. The highest BCUT2D eigenvalue weighted by Gasteiger charge is 2.25. The Kier molecular flexibility index (Phi) is 3.23. The second-order valence-electron chi connectivity index (χ2n) is 4.16. The Bertz CT molecular complexity index is 649. The number of hydrogen-bond donors (Lipinski definition) is 2. The van der Waals surface area contributed by atoms with Gasteiger partial charge in [0.25, 0.3) is 0 Å². The van der Waals surface area contributed by atoms with Crippen LogP contribution in [0, 0.1) is 0 Å². The Morgan fingerprint density at radius 1 is 1.56 bits per heavy atom. The first-order valence-corrected chi connectivity index (χ1v) is 7.34. The largest absolute Gasteiger partial charge is 0.480 e. The Hall–Kier alpha value is -1.30. The molecule has 1 aromatic carbocycles. The molecule has 3 N–H and O–H groups in total. The lowest BCUT2D eigenvalue weighted by Crippen LogP contribution is -2.30. The maximum atomic E-state index is 12.3. The first-order valence-electron chi connectivity index (χ1n) is 5.17. The predicted octanol–water partition coefficient (Wildman–Crippen LogP) is 1.57. The van der Waals surface area contributed by atoms with Gasteiger partial charge in [-0.1, -0.05) is 11.6 Å². The molecule has 0 saturated carbocycles. The maximum absolute atomic E-state index is 12.3. The highest BCUT2D eigenvalue weighted by Crippen LogP contribution is 2.37. The average molecular weight is 286 g/mol. The van der Waals surface area contributed by atoms with Gasteiger partial charge in [0.05, 0.1) is 0 Å². The number of benzene rings is 1. The van der Waals surface area contributed by atoms with E-state index in [0.717, 1.165) is 0 Å². The van der Waals surface area contributed by atoms with Crippen LogP contribution in [-0.4, -0.2) is 27.2 Å². The van der Waals surface area contributed by atoms with Crippen molar-refractivity contribution in [2.75, 3.05) is 0 Å². The Balaban J connectivity index is 2.47. The van der Waals surface area contributed by atoms with Crippen molar-refractivity contribution in [3.63, 3.8) is 0 Å². The van der Waals surface area contributed by atoms with E-state index in [1.54, 1.807) is 18.2 Å². The fourth-order valence-corrected chi connectivity index (χ4v) is 3.74. The third-order valence-corrected chi connectivity index (χ3v) is 4.75. The van der Waals surface area contributed by atoms with Gasteiger partial charge < -0.3 is 10.8 Å². The molecule has 1 aromatic rings. The van der Waals surface area contributed by atoms with E-state index in [4.69, 9.17) is 22.4 Å². The molecule has 1 aliphatic rings. The summed E-state index contributed by atoms with van der Waals surface area (Å²) >= 11 is 5.89. The highest BCUT2D eigenvalue weighted by molar-refractivity contribution is 8.03. The van der Waals surface area contributed by atoms with Crippen LogP contribution < -0.4 is 5.73 Å². The van der Waals surface area contributed by atoms with E-state index in [9.17, 15) is 9.00 Å². The maximum Gasteiger partial charge on any atom is 0.320 e. The number of carboxylic acids is 1. The Morgan fingerprint density at radius 2 is 2.22 bits per heavy atom. The molecule has 0 spiro atoms. The second kappa shape index (κ2) is 4.42. The van der Waals surface area contributed by atoms with Gasteiger partial charge in [-0.05, 0) is 41.6 Å². The summed E-state index contributed by atoms with van der Waals surface area (Å²) < 4.78 is 12.3. The molecule has 0 aliphatic carbocycles. The number of halogens is 1. The van der Waals surface area contributed by atoms with E-state index in [1.165, 1.54) is 5.41 Å². The van der Waals surface area contributed by atoms with Gasteiger partial charge in [-0.15, -0.1) is 0 Å². The molecule has 18 heavy (non-hydrogen) atoms. The van der Waals surface area contributed by atoms with Gasteiger partial charge in [0.1, 0.15) is 6.04 Å². The number of carbonyl (C=O) groups is 1. The third-order valence-electron chi connectivity index (χ3n) is 2.75. The quantitative estimate of drug-likeness (QED) is 0.826. The van der Waals surface area contributed by atoms with Gasteiger partial charge in [-0.2, -0.15) is 0 Å². The first-order chi connectivity index (χ1) is 8.31. The molecule has 0 aromatic heterocycles. The normalized spacial score (nSPS) is 23.3. The van der Waals surface area contributed by atoms with Gasteiger partial charge in [0.15, 0.2) is 0 Å². The molecule has 0 amide bonds. The molecular weight excluding hydrogens is 274 g/mol. The van der Waals surface area contributed by atoms with Crippen molar-refractivity contribution in [1.82, 2.24) is 0 Å². The fourth-order valence-electron chi connectivity index (χ4n) is 1.89. The monoisotopic (exact) mass is 285 g/mol.